The van der Waals surface area contributed by atoms with Crippen LogP contribution in [0, 0.1) is 0 Å². The standard InChI is InChI=1S/C19H19NO4/c1-14(21)20(18(22)16-11-7-4-8-12-16)17(19(23)24-2)13-15-9-5-3-6-10-15/h3-12,17H,13H2,1-2H3/t17-/m0/s1. The molecule has 2 aromatic rings. The zero-order chi connectivity index (χ0) is 17.5. The van der Waals surface area contributed by atoms with E-state index in [-0.39, 0.29) is 6.42 Å². The number of carbonyl (C=O) groups is 3. The Bertz CT molecular complexity index is 713. The normalized spacial score (nSPS) is 11.4. The zero-order valence-corrected chi connectivity index (χ0v) is 13.6. The number of amides is 2. The van der Waals surface area contributed by atoms with E-state index in [1.807, 2.05) is 30.3 Å². The third-order valence-corrected chi connectivity index (χ3v) is 3.64. The molecule has 0 bridgehead atoms. The lowest BCUT2D eigenvalue weighted by atomic mass is 10.0. The topological polar surface area (TPSA) is 63.7 Å². The van der Waals surface area contributed by atoms with E-state index in [9.17, 15) is 14.4 Å². The van der Waals surface area contributed by atoms with Crippen LogP contribution in [0.4, 0.5) is 0 Å². The zero-order valence-electron chi connectivity index (χ0n) is 13.6. The first-order valence-electron chi connectivity index (χ1n) is 7.55. The van der Waals surface area contributed by atoms with Crippen LogP contribution in [0.25, 0.3) is 0 Å². The van der Waals surface area contributed by atoms with Crippen LogP contribution in [0.15, 0.2) is 60.7 Å². The van der Waals surface area contributed by atoms with Crippen LogP contribution in [0.3, 0.4) is 0 Å². The summed E-state index contributed by atoms with van der Waals surface area (Å²) in [6.45, 7) is 1.27. The van der Waals surface area contributed by atoms with Crippen LogP contribution in [-0.2, 0) is 20.7 Å². The molecule has 2 rings (SSSR count). The summed E-state index contributed by atoms with van der Waals surface area (Å²) >= 11 is 0. The lowest BCUT2D eigenvalue weighted by Crippen LogP contribution is -2.49. The average molecular weight is 325 g/mol. The minimum absolute atomic E-state index is 0.200. The third kappa shape index (κ3) is 4.07. The SMILES string of the molecule is COC(=O)[C@H](Cc1ccccc1)N(C(C)=O)C(=O)c1ccccc1. The fourth-order valence-corrected chi connectivity index (χ4v) is 2.48. The van der Waals surface area contributed by atoms with Crippen LogP contribution >= 0.6 is 0 Å². The lowest BCUT2D eigenvalue weighted by molar-refractivity contribution is -0.150. The molecule has 1 atom stereocenters. The molecule has 0 heterocycles. The molecule has 0 aromatic heterocycles. The minimum Gasteiger partial charge on any atom is -0.467 e. The summed E-state index contributed by atoms with van der Waals surface area (Å²) in [4.78, 5) is 38.0. The van der Waals surface area contributed by atoms with Crippen molar-refractivity contribution in [3.8, 4) is 0 Å². The molecule has 124 valence electrons. The Labute approximate surface area is 140 Å². The van der Waals surface area contributed by atoms with E-state index in [0.717, 1.165) is 10.5 Å². The van der Waals surface area contributed by atoms with E-state index in [2.05, 4.69) is 0 Å². The van der Waals surface area contributed by atoms with Gasteiger partial charge in [0.2, 0.25) is 5.91 Å². The monoisotopic (exact) mass is 325 g/mol. The highest BCUT2D eigenvalue weighted by Gasteiger charge is 2.34. The Morgan fingerprint density at radius 1 is 0.958 bits per heavy atom. The van der Waals surface area contributed by atoms with Crippen molar-refractivity contribution in [2.24, 2.45) is 0 Å². The predicted molar refractivity (Wildman–Crippen MR) is 89.2 cm³/mol. The molecule has 0 unspecified atom stereocenters. The molecular formula is C19H19NO4. The van der Waals surface area contributed by atoms with E-state index in [1.165, 1.54) is 14.0 Å². The predicted octanol–water partition coefficient (Wildman–Crippen LogP) is 2.46. The Kier molecular flexibility index (Phi) is 5.84. The average Bonchev–Trinajstić information content (AvgIpc) is 2.61. The molecule has 5 nitrogen and oxygen atoms in total. The summed E-state index contributed by atoms with van der Waals surface area (Å²) in [5, 5.41) is 0. The van der Waals surface area contributed by atoms with Crippen molar-refractivity contribution >= 4 is 17.8 Å². The van der Waals surface area contributed by atoms with Gasteiger partial charge in [-0.1, -0.05) is 48.5 Å². The highest BCUT2D eigenvalue weighted by molar-refractivity contribution is 6.06. The number of imide groups is 1. The number of methoxy groups -OCH3 is 1. The maximum Gasteiger partial charge on any atom is 0.329 e. The summed E-state index contributed by atoms with van der Waals surface area (Å²) < 4.78 is 4.82. The van der Waals surface area contributed by atoms with E-state index in [1.54, 1.807) is 30.3 Å². The quantitative estimate of drug-likeness (QED) is 0.792. The van der Waals surface area contributed by atoms with Gasteiger partial charge in [0.15, 0.2) is 0 Å². The summed E-state index contributed by atoms with van der Waals surface area (Å²) in [5.74, 6) is -1.65. The number of hydrogen-bond acceptors (Lipinski definition) is 4. The second-order valence-electron chi connectivity index (χ2n) is 5.29. The third-order valence-electron chi connectivity index (χ3n) is 3.64. The number of ether oxygens (including phenoxy) is 1. The second-order valence-corrected chi connectivity index (χ2v) is 5.29. The van der Waals surface area contributed by atoms with Crippen LogP contribution < -0.4 is 0 Å². The molecule has 0 saturated heterocycles. The Morgan fingerprint density at radius 2 is 1.50 bits per heavy atom. The van der Waals surface area contributed by atoms with Crippen molar-refractivity contribution in [1.82, 2.24) is 4.90 Å². The van der Waals surface area contributed by atoms with Crippen LogP contribution in [0.2, 0.25) is 0 Å². The van der Waals surface area contributed by atoms with Gasteiger partial charge in [0.1, 0.15) is 6.04 Å². The van der Waals surface area contributed by atoms with Crippen molar-refractivity contribution in [2.75, 3.05) is 7.11 Å². The van der Waals surface area contributed by atoms with Crippen LogP contribution in [-0.4, -0.2) is 35.8 Å². The smallest absolute Gasteiger partial charge is 0.329 e. The fraction of sp³-hybridized carbons (Fsp3) is 0.211. The lowest BCUT2D eigenvalue weighted by Gasteiger charge is -2.27. The van der Waals surface area contributed by atoms with Crippen molar-refractivity contribution in [3.63, 3.8) is 0 Å². The second kappa shape index (κ2) is 8.06. The van der Waals surface area contributed by atoms with E-state index in [0.29, 0.717) is 5.56 Å². The molecule has 0 aliphatic heterocycles. The molecule has 0 spiro atoms. The molecule has 2 amide bonds. The maximum atomic E-state index is 12.7. The molecule has 0 aliphatic rings. The van der Waals surface area contributed by atoms with Gasteiger partial charge in [-0.3, -0.25) is 14.5 Å². The van der Waals surface area contributed by atoms with Crippen LogP contribution in [0.1, 0.15) is 22.8 Å². The number of benzene rings is 2. The first-order valence-corrected chi connectivity index (χ1v) is 7.55. The summed E-state index contributed by atoms with van der Waals surface area (Å²) in [6, 6.07) is 16.6. The van der Waals surface area contributed by atoms with Crippen molar-refractivity contribution < 1.29 is 19.1 Å². The Balaban J connectivity index is 2.37. The van der Waals surface area contributed by atoms with Crippen molar-refractivity contribution in [2.45, 2.75) is 19.4 Å². The van der Waals surface area contributed by atoms with Gasteiger partial charge in [0.25, 0.3) is 5.91 Å². The van der Waals surface area contributed by atoms with E-state index >= 15 is 0 Å². The van der Waals surface area contributed by atoms with Crippen molar-refractivity contribution in [3.05, 3.63) is 71.8 Å². The minimum atomic E-state index is -1.01. The Hall–Kier alpha value is -2.95. The van der Waals surface area contributed by atoms with Crippen LogP contribution in [0.5, 0.6) is 0 Å². The fourth-order valence-electron chi connectivity index (χ4n) is 2.48. The van der Waals surface area contributed by atoms with Gasteiger partial charge in [-0.05, 0) is 17.7 Å². The molecule has 0 saturated carbocycles. The first kappa shape index (κ1) is 17.4. The van der Waals surface area contributed by atoms with Gasteiger partial charge in [0.05, 0.1) is 7.11 Å². The van der Waals surface area contributed by atoms with E-state index < -0.39 is 23.8 Å². The molecule has 2 aromatic carbocycles. The van der Waals surface area contributed by atoms with E-state index in [4.69, 9.17) is 4.74 Å². The number of nitrogens with zero attached hydrogens (tertiary/aromatic N) is 1. The highest BCUT2D eigenvalue weighted by Crippen LogP contribution is 2.15. The van der Waals surface area contributed by atoms with Gasteiger partial charge >= 0.3 is 5.97 Å². The summed E-state index contributed by atoms with van der Waals surface area (Å²) in [6.07, 6.45) is 0.200. The molecule has 24 heavy (non-hydrogen) atoms. The molecule has 0 aliphatic carbocycles. The number of rotatable bonds is 5. The molecule has 0 fully saturated rings. The van der Waals surface area contributed by atoms with Gasteiger partial charge < -0.3 is 4.74 Å². The molecule has 5 heteroatoms. The maximum absolute atomic E-state index is 12.7. The van der Waals surface area contributed by atoms with Crippen molar-refractivity contribution in [1.29, 1.82) is 0 Å². The molecule has 0 radical (unpaired) electrons. The Morgan fingerprint density at radius 3 is 2.00 bits per heavy atom. The number of hydrogen-bond donors (Lipinski definition) is 0. The van der Waals surface area contributed by atoms with Gasteiger partial charge in [-0.2, -0.15) is 0 Å². The largest absolute Gasteiger partial charge is 0.467 e. The van der Waals surface area contributed by atoms with Gasteiger partial charge in [-0.15, -0.1) is 0 Å². The number of esters is 1. The summed E-state index contributed by atoms with van der Waals surface area (Å²) in [7, 11) is 1.24. The highest BCUT2D eigenvalue weighted by atomic mass is 16.5. The molecule has 0 N–H and O–H groups in total. The first-order chi connectivity index (χ1) is 11.5. The van der Waals surface area contributed by atoms with Gasteiger partial charge in [0, 0.05) is 18.9 Å². The number of carbonyl (C=O) groups excluding carboxylic acids is 3. The van der Waals surface area contributed by atoms with Gasteiger partial charge in [-0.25, -0.2) is 4.79 Å². The molecular weight excluding hydrogens is 306 g/mol. The summed E-state index contributed by atoms with van der Waals surface area (Å²) in [5.41, 5.74) is 1.18.